The molecule has 0 amide bonds. The molecule has 2 nitrogen and oxygen atoms in total. The lowest BCUT2D eigenvalue weighted by Gasteiger charge is -2.39. The summed E-state index contributed by atoms with van der Waals surface area (Å²) in [5, 5.41) is 9.16. The van der Waals surface area contributed by atoms with E-state index in [4.69, 9.17) is 5.11 Å². The third-order valence-corrected chi connectivity index (χ3v) is 4.96. The zero-order chi connectivity index (χ0) is 12.8. The van der Waals surface area contributed by atoms with E-state index in [2.05, 4.69) is 31.2 Å². The molecule has 94 valence electrons. The van der Waals surface area contributed by atoms with Crippen molar-refractivity contribution in [2.75, 3.05) is 0 Å². The van der Waals surface area contributed by atoms with Gasteiger partial charge in [-0.1, -0.05) is 49.4 Å². The van der Waals surface area contributed by atoms with Crippen molar-refractivity contribution in [1.82, 2.24) is 0 Å². The van der Waals surface area contributed by atoms with E-state index in [-0.39, 0.29) is 17.8 Å². The maximum Gasteiger partial charge on any atom is 0.303 e. The standard InChI is InChI=1S/C16H18O2/c1-16(12-5-3-2-4-6-12)13-8-7-11(9-13)14(16)10-15(17)18/h2-8,11,13-14H,9-10H2,1H3,(H,17,18). The zero-order valence-electron chi connectivity index (χ0n) is 10.5. The average Bonchev–Trinajstić information content (AvgIpc) is 2.93. The molecule has 4 atom stereocenters. The second-order valence-electron chi connectivity index (χ2n) is 5.74. The molecule has 1 aromatic rings. The summed E-state index contributed by atoms with van der Waals surface area (Å²) in [6, 6.07) is 10.4. The van der Waals surface area contributed by atoms with Crippen molar-refractivity contribution in [1.29, 1.82) is 0 Å². The molecule has 2 aliphatic rings. The minimum absolute atomic E-state index is 0.0148. The second-order valence-corrected chi connectivity index (χ2v) is 5.74. The molecule has 18 heavy (non-hydrogen) atoms. The van der Waals surface area contributed by atoms with Crippen molar-refractivity contribution in [3.8, 4) is 0 Å². The normalized spacial score (nSPS) is 37.1. The number of carboxylic acids is 1. The molecule has 0 radical (unpaired) electrons. The van der Waals surface area contributed by atoms with Gasteiger partial charge in [0.05, 0.1) is 0 Å². The largest absolute Gasteiger partial charge is 0.481 e. The van der Waals surface area contributed by atoms with Crippen LogP contribution in [0.2, 0.25) is 0 Å². The Hall–Kier alpha value is -1.57. The highest BCUT2D eigenvalue weighted by atomic mass is 16.4. The monoisotopic (exact) mass is 242 g/mol. The van der Waals surface area contributed by atoms with Crippen molar-refractivity contribution < 1.29 is 9.90 Å². The Morgan fingerprint density at radius 1 is 1.33 bits per heavy atom. The van der Waals surface area contributed by atoms with Gasteiger partial charge >= 0.3 is 5.97 Å². The van der Waals surface area contributed by atoms with E-state index in [0.29, 0.717) is 11.8 Å². The number of rotatable bonds is 3. The molecule has 2 bridgehead atoms. The number of carbonyl (C=O) groups is 1. The minimum atomic E-state index is -0.678. The molecule has 2 heteroatoms. The third kappa shape index (κ3) is 1.52. The number of hydrogen-bond donors (Lipinski definition) is 1. The fraction of sp³-hybridized carbons (Fsp3) is 0.438. The Morgan fingerprint density at radius 3 is 2.72 bits per heavy atom. The topological polar surface area (TPSA) is 37.3 Å². The van der Waals surface area contributed by atoms with Gasteiger partial charge in [0.15, 0.2) is 0 Å². The van der Waals surface area contributed by atoms with Gasteiger partial charge in [0.1, 0.15) is 0 Å². The van der Waals surface area contributed by atoms with Gasteiger partial charge in [-0.05, 0) is 29.7 Å². The van der Waals surface area contributed by atoms with Gasteiger partial charge in [-0.25, -0.2) is 0 Å². The van der Waals surface area contributed by atoms with Crippen LogP contribution in [0, 0.1) is 17.8 Å². The van der Waals surface area contributed by atoms with Crippen LogP contribution in [0.4, 0.5) is 0 Å². The molecule has 3 rings (SSSR count). The van der Waals surface area contributed by atoms with Gasteiger partial charge in [-0.3, -0.25) is 4.79 Å². The molecule has 0 aliphatic heterocycles. The second kappa shape index (κ2) is 3.98. The van der Waals surface area contributed by atoms with Crippen LogP contribution in [0.3, 0.4) is 0 Å². The van der Waals surface area contributed by atoms with E-state index >= 15 is 0 Å². The molecule has 0 saturated heterocycles. The summed E-state index contributed by atoms with van der Waals surface area (Å²) in [5.41, 5.74) is 1.27. The van der Waals surface area contributed by atoms with Gasteiger partial charge in [0.25, 0.3) is 0 Å². The van der Waals surface area contributed by atoms with Crippen LogP contribution in [-0.2, 0) is 10.2 Å². The number of hydrogen-bond acceptors (Lipinski definition) is 1. The molecule has 1 saturated carbocycles. The van der Waals surface area contributed by atoms with E-state index in [1.807, 2.05) is 18.2 Å². The molecule has 1 fully saturated rings. The van der Waals surface area contributed by atoms with Crippen molar-refractivity contribution in [2.45, 2.75) is 25.2 Å². The Balaban J connectivity index is 2.03. The summed E-state index contributed by atoms with van der Waals surface area (Å²) in [7, 11) is 0. The summed E-state index contributed by atoms with van der Waals surface area (Å²) in [6.45, 7) is 2.24. The first kappa shape index (κ1) is 11.5. The van der Waals surface area contributed by atoms with Crippen LogP contribution < -0.4 is 0 Å². The first-order valence-electron chi connectivity index (χ1n) is 6.58. The quantitative estimate of drug-likeness (QED) is 0.826. The van der Waals surface area contributed by atoms with E-state index in [1.165, 1.54) is 5.56 Å². The highest BCUT2D eigenvalue weighted by Gasteiger charge is 2.54. The number of benzene rings is 1. The summed E-state index contributed by atoms with van der Waals surface area (Å²) < 4.78 is 0. The van der Waals surface area contributed by atoms with Crippen LogP contribution in [0.1, 0.15) is 25.3 Å². The molecule has 0 heterocycles. The van der Waals surface area contributed by atoms with Crippen molar-refractivity contribution in [3.05, 3.63) is 48.0 Å². The number of fused-ring (bicyclic) bond motifs is 2. The predicted molar refractivity (Wildman–Crippen MR) is 70.3 cm³/mol. The lowest BCUT2D eigenvalue weighted by atomic mass is 9.64. The van der Waals surface area contributed by atoms with Gasteiger partial charge in [-0.15, -0.1) is 0 Å². The summed E-state index contributed by atoms with van der Waals surface area (Å²) in [5.74, 6) is 0.487. The highest BCUT2D eigenvalue weighted by molar-refractivity contribution is 5.68. The maximum atomic E-state index is 11.1. The van der Waals surface area contributed by atoms with E-state index in [1.54, 1.807) is 0 Å². The molecule has 0 spiro atoms. The Bertz CT molecular complexity index is 491. The van der Waals surface area contributed by atoms with Gasteiger partial charge < -0.3 is 5.11 Å². The zero-order valence-corrected chi connectivity index (χ0v) is 10.5. The van der Waals surface area contributed by atoms with Crippen LogP contribution in [0.25, 0.3) is 0 Å². The summed E-state index contributed by atoms with van der Waals surface area (Å²) >= 11 is 0. The first-order valence-corrected chi connectivity index (χ1v) is 6.58. The molecular formula is C16H18O2. The van der Waals surface area contributed by atoms with Crippen molar-refractivity contribution >= 4 is 5.97 Å². The lowest BCUT2D eigenvalue weighted by Crippen LogP contribution is -2.37. The molecule has 4 unspecified atom stereocenters. The fourth-order valence-electron chi connectivity index (χ4n) is 3.97. The average molecular weight is 242 g/mol. The lowest BCUT2D eigenvalue weighted by molar-refractivity contribution is -0.138. The van der Waals surface area contributed by atoms with Crippen LogP contribution >= 0.6 is 0 Å². The van der Waals surface area contributed by atoms with Crippen LogP contribution in [0.15, 0.2) is 42.5 Å². The molecule has 2 aliphatic carbocycles. The maximum absolute atomic E-state index is 11.1. The van der Waals surface area contributed by atoms with Crippen LogP contribution in [-0.4, -0.2) is 11.1 Å². The van der Waals surface area contributed by atoms with Gasteiger partial charge in [-0.2, -0.15) is 0 Å². The number of aliphatic carboxylic acids is 1. The van der Waals surface area contributed by atoms with Crippen LogP contribution in [0.5, 0.6) is 0 Å². The van der Waals surface area contributed by atoms with Crippen molar-refractivity contribution in [3.63, 3.8) is 0 Å². The van der Waals surface area contributed by atoms with E-state index in [0.717, 1.165) is 6.42 Å². The molecular weight excluding hydrogens is 224 g/mol. The number of allylic oxidation sites excluding steroid dienone is 2. The minimum Gasteiger partial charge on any atom is -0.481 e. The van der Waals surface area contributed by atoms with E-state index in [9.17, 15) is 4.79 Å². The highest BCUT2D eigenvalue weighted by Crippen LogP contribution is 2.58. The molecule has 0 aromatic heterocycles. The van der Waals surface area contributed by atoms with Crippen molar-refractivity contribution in [2.24, 2.45) is 17.8 Å². The third-order valence-electron chi connectivity index (χ3n) is 4.96. The Kier molecular flexibility index (Phi) is 2.54. The Labute approximate surface area is 107 Å². The Morgan fingerprint density at radius 2 is 2.06 bits per heavy atom. The fourth-order valence-corrected chi connectivity index (χ4v) is 3.97. The molecule has 1 N–H and O–H groups in total. The summed E-state index contributed by atoms with van der Waals surface area (Å²) in [6.07, 6.45) is 5.90. The summed E-state index contributed by atoms with van der Waals surface area (Å²) in [4.78, 5) is 11.1. The van der Waals surface area contributed by atoms with Gasteiger partial charge in [0, 0.05) is 11.8 Å². The smallest absolute Gasteiger partial charge is 0.303 e. The predicted octanol–water partition coefficient (Wildman–Crippen LogP) is 3.24. The number of carboxylic acid groups (broad SMARTS) is 1. The van der Waals surface area contributed by atoms with Gasteiger partial charge in [0.2, 0.25) is 0 Å². The van der Waals surface area contributed by atoms with E-state index < -0.39 is 5.97 Å². The SMILES string of the molecule is CC1(c2ccccc2)C2C=CC(C2)C1CC(=O)O. The molecule has 1 aromatic carbocycles. The first-order chi connectivity index (χ1) is 8.62.